The van der Waals surface area contributed by atoms with Crippen LogP contribution in [0.15, 0.2) is 0 Å². The van der Waals surface area contributed by atoms with Gasteiger partial charge >= 0.3 is 5.97 Å². The van der Waals surface area contributed by atoms with Gasteiger partial charge in [0, 0.05) is 0 Å². The van der Waals surface area contributed by atoms with Crippen molar-refractivity contribution >= 4 is 37.2 Å². The topological polar surface area (TPSA) is 226 Å². The second-order valence-electron chi connectivity index (χ2n) is 11.3. The van der Waals surface area contributed by atoms with Crippen LogP contribution in [0, 0.1) is 11.8 Å². The number of hydrogen-bond donors (Lipinski definition) is 0. The number of unbranched alkanes of at least 4 members (excludes halogenated alkanes) is 12. The molecule has 0 fully saturated rings. The maximum absolute atomic E-state index is 12.5. The van der Waals surface area contributed by atoms with Gasteiger partial charge in [0.25, 0.3) is 0 Å². The van der Waals surface area contributed by atoms with Crippen LogP contribution in [0.25, 0.3) is 0 Å². The first kappa shape index (κ1) is 43.1. The van der Waals surface area contributed by atoms with Crippen molar-refractivity contribution in [3.05, 3.63) is 0 Å². The lowest BCUT2D eigenvalue weighted by molar-refractivity contribution is -0.150. The summed E-state index contributed by atoms with van der Waals surface area (Å²) in [4.78, 5) is 12.5. The van der Waals surface area contributed by atoms with E-state index in [4.69, 9.17) is 4.74 Å². The van der Waals surface area contributed by atoms with Crippen molar-refractivity contribution in [2.75, 3.05) is 6.61 Å². The average Bonchev–Trinajstić information content (AvgIpc) is 2.89. The molecule has 17 heteroatoms. The van der Waals surface area contributed by atoms with Crippen LogP contribution in [0.5, 0.6) is 0 Å². The third-order valence-corrected chi connectivity index (χ3v) is 9.03. The molecule has 0 aromatic heterocycles. The second kappa shape index (κ2) is 22.6. The highest BCUT2D eigenvalue weighted by atomic mass is 32.3. The van der Waals surface area contributed by atoms with E-state index in [2.05, 4.69) is 19.5 Å². The molecule has 0 aromatic carbocycles. The molecule has 0 saturated heterocycles. The highest BCUT2D eigenvalue weighted by Gasteiger charge is 2.36. The number of rotatable bonds is 28. The van der Waals surface area contributed by atoms with Crippen LogP contribution in [-0.4, -0.2) is 69.8 Å². The summed E-state index contributed by atoms with van der Waals surface area (Å²) in [6.07, 6.45) is 8.54. The van der Waals surface area contributed by atoms with Gasteiger partial charge in [-0.15, -0.1) is 0 Å². The summed E-state index contributed by atoms with van der Waals surface area (Å²) in [7, 11) is -16.1. The monoisotopic (exact) mass is 695 g/mol. The van der Waals surface area contributed by atoms with Crippen LogP contribution in [0.2, 0.25) is 0 Å². The van der Waals surface area contributed by atoms with E-state index in [9.17, 15) is 43.7 Å². The Bertz CT molecular complexity index is 1090. The van der Waals surface area contributed by atoms with Gasteiger partial charge < -0.3 is 18.4 Å². The fraction of sp³-hybridized carbons (Fsp3) is 0.963. The number of carbonyl (C=O) groups is 1. The minimum absolute atomic E-state index is 0.0361. The Balaban J connectivity index is 5.02. The highest BCUT2D eigenvalue weighted by molar-refractivity contribution is 7.81. The first-order valence-electron chi connectivity index (χ1n) is 15.5. The van der Waals surface area contributed by atoms with Gasteiger partial charge in [-0.2, -0.15) is 0 Å². The van der Waals surface area contributed by atoms with E-state index in [-0.39, 0.29) is 12.3 Å². The molecular formula is C27H51O14S3-3. The molecule has 0 aliphatic rings. The van der Waals surface area contributed by atoms with Crippen molar-refractivity contribution in [3.8, 4) is 0 Å². The summed E-state index contributed by atoms with van der Waals surface area (Å²) in [5.41, 5.74) is 0. The first-order valence-corrected chi connectivity index (χ1v) is 19.5. The summed E-state index contributed by atoms with van der Waals surface area (Å²) < 4.78 is 120. The lowest BCUT2D eigenvalue weighted by Gasteiger charge is -2.34. The molecule has 0 N–H and O–H groups in total. The van der Waals surface area contributed by atoms with E-state index < -0.39 is 74.4 Å². The Kier molecular flexibility index (Phi) is 22.1. The van der Waals surface area contributed by atoms with Crippen molar-refractivity contribution in [1.29, 1.82) is 0 Å². The maximum atomic E-state index is 12.5. The summed E-state index contributed by atoms with van der Waals surface area (Å²) >= 11 is 0. The van der Waals surface area contributed by atoms with Gasteiger partial charge in [0.2, 0.25) is 31.2 Å². The van der Waals surface area contributed by atoms with Gasteiger partial charge in [0.15, 0.2) is 0 Å². The smallest absolute Gasteiger partial charge is 0.308 e. The number of ether oxygens (including phenoxy) is 1. The molecule has 5 atom stereocenters. The van der Waals surface area contributed by atoms with Crippen LogP contribution in [-0.2, 0) is 53.3 Å². The fourth-order valence-electron chi connectivity index (χ4n) is 4.81. The standard InChI is InChI=1S/C27H54O14S3/c1-5-7-8-9-10-11-12-13-14-15-16-17-18-19-24(39-42(29,30)31)20-26(28)38-21-25(40-43(32,33)34)27(41-44(35,36)37)23(4)22(3)6-2/h22-25,27H,5-21H2,1-4H3,(H,29,30,31)(H,32,33,34)(H,35,36,37)/p-3/t22-,23-,24?,25-,27+/m0/s1. The van der Waals surface area contributed by atoms with Crippen molar-refractivity contribution in [3.63, 3.8) is 0 Å². The van der Waals surface area contributed by atoms with Crippen molar-refractivity contribution in [1.82, 2.24) is 0 Å². The van der Waals surface area contributed by atoms with E-state index in [1.807, 2.05) is 0 Å². The zero-order valence-electron chi connectivity index (χ0n) is 26.3. The predicted molar refractivity (Wildman–Crippen MR) is 158 cm³/mol. The van der Waals surface area contributed by atoms with Crippen LogP contribution in [0.3, 0.4) is 0 Å². The highest BCUT2D eigenvalue weighted by Crippen LogP contribution is 2.27. The first-order chi connectivity index (χ1) is 20.4. The Morgan fingerprint density at radius 1 is 0.636 bits per heavy atom. The predicted octanol–water partition coefficient (Wildman–Crippen LogP) is 4.62. The van der Waals surface area contributed by atoms with Gasteiger partial charge in [-0.05, 0) is 18.3 Å². The van der Waals surface area contributed by atoms with Crippen LogP contribution < -0.4 is 0 Å². The molecule has 0 radical (unpaired) electrons. The fourth-order valence-corrected chi connectivity index (χ4v) is 6.35. The van der Waals surface area contributed by atoms with E-state index in [0.29, 0.717) is 19.3 Å². The van der Waals surface area contributed by atoms with E-state index >= 15 is 0 Å². The molecule has 0 aliphatic heterocycles. The Morgan fingerprint density at radius 3 is 1.48 bits per heavy atom. The molecule has 0 spiro atoms. The van der Waals surface area contributed by atoms with E-state index in [0.717, 1.165) is 25.7 Å². The Morgan fingerprint density at radius 2 is 1.07 bits per heavy atom. The molecule has 0 rings (SSSR count). The largest absolute Gasteiger partial charge is 0.726 e. The van der Waals surface area contributed by atoms with E-state index in [1.54, 1.807) is 13.8 Å². The van der Waals surface area contributed by atoms with Crippen molar-refractivity contribution in [2.24, 2.45) is 11.8 Å². The SMILES string of the molecule is CCCCCCCCCCCCCCCC(CC(=O)OC[C@H](OS(=O)(=O)[O-])[C@H](OS(=O)(=O)[O-])[C@@H](C)[C@@H](C)CC)OS(=O)(=O)[O-]. The zero-order chi connectivity index (χ0) is 33.8. The molecule has 0 bridgehead atoms. The summed E-state index contributed by atoms with van der Waals surface area (Å²) in [5, 5.41) is 0. The van der Waals surface area contributed by atoms with Crippen molar-refractivity contribution < 1.29 is 61.0 Å². The third kappa shape index (κ3) is 24.3. The van der Waals surface area contributed by atoms with Crippen LogP contribution >= 0.6 is 0 Å². The van der Waals surface area contributed by atoms with Gasteiger partial charge in [-0.1, -0.05) is 118 Å². The molecule has 0 aliphatic carbocycles. The Hall–Kier alpha value is -0.920. The summed E-state index contributed by atoms with van der Waals surface area (Å²) in [6.45, 7) is 5.96. The zero-order valence-corrected chi connectivity index (χ0v) is 28.8. The second-order valence-corrected chi connectivity index (χ2v) is 14.3. The number of esters is 1. The van der Waals surface area contributed by atoms with Gasteiger partial charge in [-0.25, -0.2) is 25.3 Å². The lowest BCUT2D eigenvalue weighted by Crippen LogP contribution is -2.44. The van der Waals surface area contributed by atoms with Crippen molar-refractivity contribution in [2.45, 2.75) is 149 Å². The molecule has 14 nitrogen and oxygen atoms in total. The quantitative estimate of drug-likeness (QED) is 0.0471. The maximum Gasteiger partial charge on any atom is 0.308 e. The van der Waals surface area contributed by atoms with Gasteiger partial charge in [-0.3, -0.25) is 17.3 Å². The summed E-state index contributed by atoms with van der Waals surface area (Å²) in [6, 6.07) is 0. The molecular weight excluding hydrogens is 644 g/mol. The van der Waals surface area contributed by atoms with Gasteiger partial charge in [0.05, 0.1) is 12.5 Å². The third-order valence-electron chi connectivity index (χ3n) is 7.58. The molecule has 0 heterocycles. The average molecular weight is 696 g/mol. The summed E-state index contributed by atoms with van der Waals surface area (Å²) in [5.74, 6) is -2.35. The Labute approximate surface area is 264 Å². The lowest BCUT2D eigenvalue weighted by atomic mass is 9.86. The minimum atomic E-state index is -5.48. The molecule has 1 unspecified atom stereocenters. The molecule has 0 amide bonds. The molecule has 264 valence electrons. The number of hydrogen-bond acceptors (Lipinski definition) is 14. The van der Waals surface area contributed by atoms with Gasteiger partial charge in [0.1, 0.15) is 18.8 Å². The van der Waals surface area contributed by atoms with Crippen LogP contribution in [0.4, 0.5) is 0 Å². The molecule has 0 aromatic rings. The minimum Gasteiger partial charge on any atom is -0.726 e. The van der Waals surface area contributed by atoms with Crippen LogP contribution in [0.1, 0.15) is 130 Å². The van der Waals surface area contributed by atoms with E-state index in [1.165, 1.54) is 51.9 Å². The number of carbonyl (C=O) groups excluding carboxylic acids is 1. The molecule has 0 saturated carbocycles. The normalized spacial score (nSPS) is 16.2. The molecule has 44 heavy (non-hydrogen) atoms.